The summed E-state index contributed by atoms with van der Waals surface area (Å²) in [7, 11) is 0. The second kappa shape index (κ2) is 6.29. The maximum atomic E-state index is 12.6. The molecule has 5 rings (SSSR count). The van der Waals surface area contributed by atoms with Crippen LogP contribution in [0.15, 0.2) is 59.5 Å². The van der Waals surface area contributed by atoms with E-state index in [1.54, 1.807) is 11.8 Å². The van der Waals surface area contributed by atoms with Crippen LogP contribution >= 0.6 is 11.8 Å². The number of aromatic nitrogens is 3. The Hall–Kier alpha value is -2.60. The summed E-state index contributed by atoms with van der Waals surface area (Å²) in [5.41, 5.74) is 2.29. The minimum absolute atomic E-state index is 0.0867. The number of rotatable bonds is 3. The molecule has 0 aliphatic carbocycles. The molecule has 3 heterocycles. The summed E-state index contributed by atoms with van der Waals surface area (Å²) in [4.78, 5) is 15.7. The summed E-state index contributed by atoms with van der Waals surface area (Å²) < 4.78 is 2.16. The zero-order valence-electron chi connectivity index (χ0n) is 14.2. The van der Waals surface area contributed by atoms with E-state index in [9.17, 15) is 4.79 Å². The van der Waals surface area contributed by atoms with Gasteiger partial charge in [0.1, 0.15) is 11.6 Å². The fourth-order valence-corrected chi connectivity index (χ4v) is 4.71. The van der Waals surface area contributed by atoms with Gasteiger partial charge in [0.2, 0.25) is 5.91 Å². The second-order valence-electron chi connectivity index (χ2n) is 6.73. The standard InChI is InChI=1S/C20H18N4OS/c25-19-10-15(12-23(19)11-14-6-2-1-3-7-14)20-22-21-18-13-26-17-9-5-4-8-16(17)24(18)20/h1-9,15H,10-13H2. The average Bonchev–Trinajstić information content (AvgIpc) is 3.26. The van der Waals surface area contributed by atoms with Crippen LogP contribution in [0, 0.1) is 0 Å². The van der Waals surface area contributed by atoms with Gasteiger partial charge in [0.15, 0.2) is 0 Å². The fourth-order valence-electron chi connectivity index (χ4n) is 3.76. The molecule has 1 atom stereocenters. The van der Waals surface area contributed by atoms with E-state index in [1.807, 2.05) is 29.2 Å². The number of fused-ring (bicyclic) bond motifs is 3. The van der Waals surface area contributed by atoms with Crippen LogP contribution in [-0.2, 0) is 17.1 Å². The molecule has 0 radical (unpaired) electrons. The highest BCUT2D eigenvalue weighted by atomic mass is 32.2. The third-order valence-corrected chi connectivity index (χ3v) is 6.07. The molecule has 0 saturated carbocycles. The molecule has 5 nitrogen and oxygen atoms in total. The molecule has 0 N–H and O–H groups in total. The molecule has 130 valence electrons. The van der Waals surface area contributed by atoms with Crippen molar-refractivity contribution in [3.8, 4) is 5.69 Å². The molecule has 1 amide bonds. The minimum Gasteiger partial charge on any atom is -0.338 e. The Kier molecular flexibility index (Phi) is 3.78. The van der Waals surface area contributed by atoms with E-state index in [-0.39, 0.29) is 11.8 Å². The number of hydrogen-bond acceptors (Lipinski definition) is 4. The first-order chi connectivity index (χ1) is 12.8. The number of hydrogen-bond donors (Lipinski definition) is 0. The quantitative estimate of drug-likeness (QED) is 0.717. The molecule has 0 spiro atoms. The molecule has 6 heteroatoms. The van der Waals surface area contributed by atoms with E-state index in [0.29, 0.717) is 19.5 Å². The van der Waals surface area contributed by atoms with Gasteiger partial charge in [0.05, 0.1) is 11.4 Å². The molecule has 1 aromatic heterocycles. The first-order valence-corrected chi connectivity index (χ1v) is 9.76. The van der Waals surface area contributed by atoms with E-state index in [4.69, 9.17) is 0 Å². The van der Waals surface area contributed by atoms with E-state index in [1.165, 1.54) is 4.90 Å². The van der Waals surface area contributed by atoms with Gasteiger partial charge in [-0.3, -0.25) is 9.36 Å². The van der Waals surface area contributed by atoms with Crippen molar-refractivity contribution in [1.29, 1.82) is 0 Å². The van der Waals surface area contributed by atoms with Crippen molar-refractivity contribution in [2.45, 2.75) is 29.5 Å². The van der Waals surface area contributed by atoms with Gasteiger partial charge in [-0.2, -0.15) is 0 Å². The number of benzene rings is 2. The zero-order chi connectivity index (χ0) is 17.5. The maximum absolute atomic E-state index is 12.6. The van der Waals surface area contributed by atoms with Gasteiger partial charge in [0, 0.05) is 30.3 Å². The summed E-state index contributed by atoms with van der Waals surface area (Å²) in [6.07, 6.45) is 0.500. The summed E-state index contributed by atoms with van der Waals surface area (Å²) >= 11 is 1.79. The zero-order valence-corrected chi connectivity index (χ0v) is 15.0. The molecule has 2 aromatic carbocycles. The summed E-state index contributed by atoms with van der Waals surface area (Å²) in [5, 5.41) is 8.87. The van der Waals surface area contributed by atoms with E-state index < -0.39 is 0 Å². The molecular formula is C20H18N4OS. The Balaban J connectivity index is 1.44. The highest BCUT2D eigenvalue weighted by Crippen LogP contribution is 2.38. The fraction of sp³-hybridized carbons (Fsp3) is 0.250. The number of likely N-dealkylation sites (tertiary alicyclic amines) is 1. The van der Waals surface area contributed by atoms with Crippen molar-refractivity contribution in [3.63, 3.8) is 0 Å². The van der Waals surface area contributed by atoms with Crippen molar-refractivity contribution < 1.29 is 4.79 Å². The Labute approximate surface area is 156 Å². The van der Waals surface area contributed by atoms with Crippen molar-refractivity contribution in [2.75, 3.05) is 6.54 Å². The van der Waals surface area contributed by atoms with Gasteiger partial charge in [-0.15, -0.1) is 22.0 Å². The lowest BCUT2D eigenvalue weighted by atomic mass is 10.1. The minimum atomic E-state index is 0.0867. The lowest BCUT2D eigenvalue weighted by Gasteiger charge is -2.21. The van der Waals surface area contributed by atoms with Gasteiger partial charge < -0.3 is 4.90 Å². The number of para-hydroxylation sites is 1. The van der Waals surface area contributed by atoms with Gasteiger partial charge in [-0.1, -0.05) is 42.5 Å². The molecule has 1 fully saturated rings. The molecule has 3 aromatic rings. The van der Waals surface area contributed by atoms with Gasteiger partial charge >= 0.3 is 0 Å². The van der Waals surface area contributed by atoms with Crippen molar-refractivity contribution in [2.24, 2.45) is 0 Å². The molecule has 2 aliphatic heterocycles. The smallest absolute Gasteiger partial charge is 0.223 e. The normalized spacial score (nSPS) is 18.7. The molecular weight excluding hydrogens is 344 g/mol. The molecule has 1 unspecified atom stereocenters. The van der Waals surface area contributed by atoms with Crippen molar-refractivity contribution >= 4 is 17.7 Å². The highest BCUT2D eigenvalue weighted by Gasteiger charge is 2.35. The number of carbonyl (C=O) groups is 1. The van der Waals surface area contributed by atoms with Crippen LogP contribution in [0.25, 0.3) is 5.69 Å². The third-order valence-electron chi connectivity index (χ3n) is 5.01. The molecule has 2 aliphatic rings. The molecule has 26 heavy (non-hydrogen) atoms. The van der Waals surface area contributed by atoms with Crippen LogP contribution in [0.2, 0.25) is 0 Å². The van der Waals surface area contributed by atoms with Gasteiger partial charge in [-0.25, -0.2) is 0 Å². The summed E-state index contributed by atoms with van der Waals surface area (Å²) in [6.45, 7) is 1.35. The predicted octanol–water partition coefficient (Wildman–Crippen LogP) is 3.39. The van der Waals surface area contributed by atoms with Gasteiger partial charge in [0.25, 0.3) is 0 Å². The first-order valence-electron chi connectivity index (χ1n) is 8.77. The number of thioether (sulfide) groups is 1. The Bertz CT molecular complexity index is 969. The van der Waals surface area contributed by atoms with Crippen molar-refractivity contribution in [1.82, 2.24) is 19.7 Å². The van der Waals surface area contributed by atoms with Crippen LogP contribution < -0.4 is 0 Å². The number of nitrogens with zero attached hydrogens (tertiary/aromatic N) is 4. The summed E-state index contributed by atoms with van der Waals surface area (Å²) in [5.74, 6) is 2.98. The van der Waals surface area contributed by atoms with E-state index >= 15 is 0 Å². The largest absolute Gasteiger partial charge is 0.338 e. The molecule has 1 saturated heterocycles. The highest BCUT2D eigenvalue weighted by molar-refractivity contribution is 7.98. The average molecular weight is 362 g/mol. The summed E-state index contributed by atoms with van der Waals surface area (Å²) in [6, 6.07) is 18.5. The SMILES string of the molecule is O=C1CC(c2nnc3n2-c2ccccc2SC3)CN1Cc1ccccc1. The predicted molar refractivity (Wildman–Crippen MR) is 100 cm³/mol. The van der Waals surface area contributed by atoms with Crippen LogP contribution in [-0.4, -0.2) is 32.1 Å². The Morgan fingerprint density at radius 3 is 2.73 bits per heavy atom. The first kappa shape index (κ1) is 15.6. The van der Waals surface area contributed by atoms with Crippen LogP contribution in [0.5, 0.6) is 0 Å². The lowest BCUT2D eigenvalue weighted by Crippen LogP contribution is -2.24. The second-order valence-corrected chi connectivity index (χ2v) is 7.74. The van der Waals surface area contributed by atoms with Crippen LogP contribution in [0.4, 0.5) is 0 Å². The number of amides is 1. The lowest BCUT2D eigenvalue weighted by molar-refractivity contribution is -0.128. The van der Waals surface area contributed by atoms with E-state index in [0.717, 1.165) is 28.7 Å². The monoisotopic (exact) mass is 362 g/mol. The Morgan fingerprint density at radius 1 is 1.04 bits per heavy atom. The number of carbonyl (C=O) groups excluding carboxylic acids is 1. The van der Waals surface area contributed by atoms with Gasteiger partial charge in [-0.05, 0) is 17.7 Å². The maximum Gasteiger partial charge on any atom is 0.223 e. The van der Waals surface area contributed by atoms with E-state index in [2.05, 4.69) is 45.1 Å². The topological polar surface area (TPSA) is 51.0 Å². The van der Waals surface area contributed by atoms with Crippen molar-refractivity contribution in [3.05, 3.63) is 71.8 Å². The molecule has 0 bridgehead atoms. The van der Waals surface area contributed by atoms with Crippen LogP contribution in [0.3, 0.4) is 0 Å². The van der Waals surface area contributed by atoms with Crippen LogP contribution in [0.1, 0.15) is 29.6 Å². The Morgan fingerprint density at radius 2 is 1.85 bits per heavy atom. The third kappa shape index (κ3) is 2.61.